The third kappa shape index (κ3) is 4.73. The van der Waals surface area contributed by atoms with Gasteiger partial charge in [-0.15, -0.1) is 0 Å². The lowest BCUT2D eigenvalue weighted by molar-refractivity contribution is -0.136. The van der Waals surface area contributed by atoms with E-state index in [4.69, 9.17) is 21.1 Å². The highest BCUT2D eigenvalue weighted by atomic mass is 35.5. The van der Waals surface area contributed by atoms with Crippen LogP contribution in [0.25, 0.3) is 0 Å². The van der Waals surface area contributed by atoms with Crippen LogP contribution in [0.5, 0.6) is 11.5 Å². The molecule has 0 saturated heterocycles. The molecular formula is C18H18ClN3O4. The molecule has 0 aliphatic heterocycles. The van der Waals surface area contributed by atoms with Crippen molar-refractivity contribution in [3.8, 4) is 11.5 Å². The molecule has 2 aromatic rings. The molecule has 2 amide bonds. The molecule has 0 radical (unpaired) electrons. The summed E-state index contributed by atoms with van der Waals surface area (Å²) in [5.74, 6) is -0.789. The number of methoxy groups -OCH3 is 2. The van der Waals surface area contributed by atoms with Crippen molar-refractivity contribution >= 4 is 35.3 Å². The highest BCUT2D eigenvalue weighted by Gasteiger charge is 2.13. The van der Waals surface area contributed by atoms with Crippen LogP contribution in [-0.4, -0.2) is 32.2 Å². The number of amides is 2. The first-order chi connectivity index (χ1) is 12.5. The normalized spacial score (nSPS) is 10.5. The van der Waals surface area contributed by atoms with Gasteiger partial charge in [-0.1, -0.05) is 23.7 Å². The molecule has 2 N–H and O–H groups in total. The third-order valence-electron chi connectivity index (χ3n) is 3.44. The Hall–Kier alpha value is -3.06. The van der Waals surface area contributed by atoms with Crippen molar-refractivity contribution in [2.75, 3.05) is 19.5 Å². The lowest BCUT2D eigenvalue weighted by atomic mass is 10.2. The number of hydrogen-bond acceptors (Lipinski definition) is 5. The first-order valence-electron chi connectivity index (χ1n) is 7.57. The van der Waals surface area contributed by atoms with E-state index >= 15 is 0 Å². The number of nitrogens with one attached hydrogen (secondary N) is 2. The average molecular weight is 376 g/mol. The van der Waals surface area contributed by atoms with Crippen LogP contribution < -0.4 is 20.2 Å². The van der Waals surface area contributed by atoms with E-state index in [0.29, 0.717) is 27.8 Å². The third-order valence-corrected chi connectivity index (χ3v) is 3.85. The zero-order valence-electron chi connectivity index (χ0n) is 14.5. The van der Waals surface area contributed by atoms with Crippen molar-refractivity contribution < 1.29 is 19.1 Å². The van der Waals surface area contributed by atoms with Gasteiger partial charge >= 0.3 is 11.8 Å². The average Bonchev–Trinajstić information content (AvgIpc) is 2.64. The van der Waals surface area contributed by atoms with Crippen molar-refractivity contribution in [3.63, 3.8) is 0 Å². The van der Waals surface area contributed by atoms with Crippen molar-refractivity contribution in [3.05, 3.63) is 52.5 Å². The summed E-state index contributed by atoms with van der Waals surface area (Å²) in [6.45, 7) is 1.84. The number of anilines is 1. The van der Waals surface area contributed by atoms with Gasteiger partial charge in [0.25, 0.3) is 0 Å². The number of rotatable bonds is 5. The minimum atomic E-state index is -0.917. The molecule has 136 valence electrons. The van der Waals surface area contributed by atoms with Crippen LogP contribution >= 0.6 is 11.6 Å². The summed E-state index contributed by atoms with van der Waals surface area (Å²) in [5.41, 5.74) is 4.02. The second kappa shape index (κ2) is 8.87. The van der Waals surface area contributed by atoms with Crippen LogP contribution in [0.3, 0.4) is 0 Å². The number of halogens is 1. The molecule has 0 aliphatic rings. The second-order valence-electron chi connectivity index (χ2n) is 5.20. The van der Waals surface area contributed by atoms with Crippen molar-refractivity contribution in [2.45, 2.75) is 6.92 Å². The van der Waals surface area contributed by atoms with Crippen LogP contribution in [0, 0.1) is 6.92 Å². The fourth-order valence-electron chi connectivity index (χ4n) is 2.08. The molecule has 0 saturated carbocycles. The van der Waals surface area contributed by atoms with Gasteiger partial charge in [0.05, 0.1) is 20.4 Å². The summed E-state index contributed by atoms with van der Waals surface area (Å²) in [4.78, 5) is 23.7. The Morgan fingerprint density at radius 2 is 1.88 bits per heavy atom. The Labute approximate surface area is 155 Å². The molecule has 26 heavy (non-hydrogen) atoms. The van der Waals surface area contributed by atoms with Crippen LogP contribution in [0.2, 0.25) is 5.02 Å². The fraction of sp³-hybridized carbons (Fsp3) is 0.167. The molecule has 0 aromatic heterocycles. The topological polar surface area (TPSA) is 89.0 Å². The number of carbonyl (C=O) groups excluding carboxylic acids is 2. The maximum atomic E-state index is 11.9. The largest absolute Gasteiger partial charge is 0.493 e. The van der Waals surface area contributed by atoms with Crippen molar-refractivity contribution in [1.82, 2.24) is 5.43 Å². The van der Waals surface area contributed by atoms with E-state index in [1.807, 2.05) is 6.92 Å². The Morgan fingerprint density at radius 3 is 2.54 bits per heavy atom. The zero-order chi connectivity index (χ0) is 19.1. The molecule has 0 atom stereocenters. The zero-order valence-corrected chi connectivity index (χ0v) is 15.3. The number of aryl methyl sites for hydroxylation is 1. The second-order valence-corrected chi connectivity index (χ2v) is 5.61. The SMILES string of the molecule is COc1cccc(/C=N/NC(=O)C(=O)Nc2ccc(C)c(Cl)c2)c1OC. The first-order valence-corrected chi connectivity index (χ1v) is 7.95. The Morgan fingerprint density at radius 1 is 1.12 bits per heavy atom. The number of hydrogen-bond donors (Lipinski definition) is 2. The molecule has 2 rings (SSSR count). The first kappa shape index (κ1) is 19.3. The summed E-state index contributed by atoms with van der Waals surface area (Å²) >= 11 is 5.98. The van der Waals surface area contributed by atoms with Gasteiger partial charge in [0, 0.05) is 16.3 Å². The van der Waals surface area contributed by atoms with E-state index in [-0.39, 0.29) is 0 Å². The van der Waals surface area contributed by atoms with Crippen LogP contribution in [0.15, 0.2) is 41.5 Å². The minimum absolute atomic E-state index is 0.416. The monoisotopic (exact) mass is 375 g/mol. The van der Waals surface area contributed by atoms with E-state index in [1.165, 1.54) is 20.4 Å². The van der Waals surface area contributed by atoms with Crippen LogP contribution in [0.1, 0.15) is 11.1 Å². The molecule has 0 spiro atoms. The van der Waals surface area contributed by atoms with Crippen molar-refractivity contribution in [2.24, 2.45) is 5.10 Å². The number of ether oxygens (including phenoxy) is 2. The number of para-hydroxylation sites is 1. The predicted molar refractivity (Wildman–Crippen MR) is 100 cm³/mol. The van der Waals surface area contributed by atoms with E-state index in [1.54, 1.807) is 36.4 Å². The maximum Gasteiger partial charge on any atom is 0.329 e. The van der Waals surface area contributed by atoms with Gasteiger partial charge in [0.2, 0.25) is 0 Å². The number of nitrogens with zero attached hydrogens (tertiary/aromatic N) is 1. The van der Waals surface area contributed by atoms with E-state index in [2.05, 4.69) is 15.8 Å². The summed E-state index contributed by atoms with van der Waals surface area (Å²) < 4.78 is 10.4. The Balaban J connectivity index is 2.00. The van der Waals surface area contributed by atoms with Gasteiger partial charge in [0.15, 0.2) is 11.5 Å². The molecule has 0 unspecified atom stereocenters. The lowest BCUT2D eigenvalue weighted by Crippen LogP contribution is -2.32. The highest BCUT2D eigenvalue weighted by molar-refractivity contribution is 6.39. The van der Waals surface area contributed by atoms with E-state index < -0.39 is 11.8 Å². The van der Waals surface area contributed by atoms with Gasteiger partial charge in [-0.05, 0) is 36.8 Å². The Kier molecular flexibility index (Phi) is 6.57. The summed E-state index contributed by atoms with van der Waals surface area (Å²) in [6, 6.07) is 10.2. The van der Waals surface area contributed by atoms with Gasteiger partial charge in [-0.3, -0.25) is 9.59 Å². The predicted octanol–water partition coefficient (Wildman–Crippen LogP) is 2.75. The molecule has 0 fully saturated rings. The maximum absolute atomic E-state index is 11.9. The fourth-order valence-corrected chi connectivity index (χ4v) is 2.26. The highest BCUT2D eigenvalue weighted by Crippen LogP contribution is 2.29. The smallest absolute Gasteiger partial charge is 0.329 e. The molecule has 2 aromatic carbocycles. The quantitative estimate of drug-likeness (QED) is 0.477. The van der Waals surface area contributed by atoms with E-state index in [9.17, 15) is 9.59 Å². The van der Waals surface area contributed by atoms with Gasteiger partial charge in [0.1, 0.15) is 0 Å². The molecular weight excluding hydrogens is 358 g/mol. The summed E-state index contributed by atoms with van der Waals surface area (Å²) in [6.07, 6.45) is 1.36. The molecule has 0 bridgehead atoms. The van der Waals surface area contributed by atoms with Gasteiger partial charge in [-0.25, -0.2) is 5.43 Å². The molecule has 7 nitrogen and oxygen atoms in total. The van der Waals surface area contributed by atoms with E-state index in [0.717, 1.165) is 5.56 Å². The standard InChI is InChI=1S/C18H18ClN3O4/c1-11-7-8-13(9-14(11)19)21-17(23)18(24)22-20-10-12-5-4-6-15(25-2)16(12)26-3/h4-10H,1-3H3,(H,21,23)(H,22,24)/b20-10+. The summed E-state index contributed by atoms with van der Waals surface area (Å²) in [5, 5.41) is 6.71. The number of carbonyl (C=O) groups is 2. The molecule has 8 heteroatoms. The van der Waals surface area contributed by atoms with Crippen LogP contribution in [0.4, 0.5) is 5.69 Å². The number of hydrazone groups is 1. The Bertz CT molecular complexity index is 852. The number of benzene rings is 2. The van der Waals surface area contributed by atoms with Gasteiger partial charge in [-0.2, -0.15) is 5.10 Å². The molecule has 0 heterocycles. The van der Waals surface area contributed by atoms with Gasteiger partial charge < -0.3 is 14.8 Å². The van der Waals surface area contributed by atoms with Crippen molar-refractivity contribution in [1.29, 1.82) is 0 Å². The summed E-state index contributed by atoms with van der Waals surface area (Å²) in [7, 11) is 3.01. The lowest BCUT2D eigenvalue weighted by Gasteiger charge is -2.09. The minimum Gasteiger partial charge on any atom is -0.493 e. The van der Waals surface area contributed by atoms with Crippen LogP contribution in [-0.2, 0) is 9.59 Å². The molecule has 0 aliphatic carbocycles.